The highest BCUT2D eigenvalue weighted by Crippen LogP contribution is 2.28. The van der Waals surface area contributed by atoms with Gasteiger partial charge >= 0.3 is 0 Å². The standard InChI is InChI=1S/C12H13BrN2O/c13-9-4-3-6-15-8-10(14-12(9)15)11-5-1-2-7-16-11/h3-4,6,8,11H,1-2,5,7H2. The Kier molecular flexibility index (Phi) is 2.69. The Labute approximate surface area is 103 Å². The van der Waals surface area contributed by atoms with E-state index >= 15 is 0 Å². The number of imidazole rings is 1. The molecule has 1 fully saturated rings. The summed E-state index contributed by atoms with van der Waals surface area (Å²) in [6.07, 6.45) is 7.75. The maximum Gasteiger partial charge on any atom is 0.151 e. The van der Waals surface area contributed by atoms with Gasteiger partial charge in [-0.3, -0.25) is 0 Å². The van der Waals surface area contributed by atoms with Gasteiger partial charge in [-0.15, -0.1) is 0 Å². The van der Waals surface area contributed by atoms with Crippen LogP contribution in [0.15, 0.2) is 29.0 Å². The average Bonchev–Trinajstić information content (AvgIpc) is 2.76. The minimum atomic E-state index is 0.181. The number of ether oxygens (including phenoxy) is 1. The third-order valence-electron chi connectivity index (χ3n) is 2.96. The number of rotatable bonds is 1. The van der Waals surface area contributed by atoms with E-state index in [9.17, 15) is 0 Å². The van der Waals surface area contributed by atoms with Crippen LogP contribution in [0.4, 0.5) is 0 Å². The lowest BCUT2D eigenvalue weighted by atomic mass is 10.1. The molecular weight excluding hydrogens is 268 g/mol. The van der Waals surface area contributed by atoms with Gasteiger partial charge in [0.15, 0.2) is 5.65 Å². The van der Waals surface area contributed by atoms with Crippen molar-refractivity contribution in [1.82, 2.24) is 9.38 Å². The van der Waals surface area contributed by atoms with Gasteiger partial charge in [-0.25, -0.2) is 4.98 Å². The monoisotopic (exact) mass is 280 g/mol. The molecule has 3 rings (SSSR count). The Balaban J connectivity index is 2.01. The van der Waals surface area contributed by atoms with Crippen molar-refractivity contribution in [3.63, 3.8) is 0 Å². The first-order valence-electron chi connectivity index (χ1n) is 5.59. The zero-order valence-electron chi connectivity index (χ0n) is 8.90. The van der Waals surface area contributed by atoms with Gasteiger partial charge in [-0.1, -0.05) is 0 Å². The third-order valence-corrected chi connectivity index (χ3v) is 3.58. The molecule has 1 saturated heterocycles. The highest BCUT2D eigenvalue weighted by molar-refractivity contribution is 9.10. The summed E-state index contributed by atoms with van der Waals surface area (Å²) in [5.74, 6) is 0. The zero-order chi connectivity index (χ0) is 11.0. The number of halogens is 1. The van der Waals surface area contributed by atoms with Crippen LogP contribution in [0, 0.1) is 0 Å². The fourth-order valence-corrected chi connectivity index (χ4v) is 2.57. The SMILES string of the molecule is Brc1cccn2cc(C3CCCCO3)nc12. The van der Waals surface area contributed by atoms with Crippen molar-refractivity contribution in [2.45, 2.75) is 25.4 Å². The van der Waals surface area contributed by atoms with Crippen LogP contribution in [-0.4, -0.2) is 16.0 Å². The Morgan fingerprint density at radius 1 is 1.44 bits per heavy atom. The Morgan fingerprint density at radius 3 is 3.12 bits per heavy atom. The smallest absolute Gasteiger partial charge is 0.151 e. The van der Waals surface area contributed by atoms with Crippen molar-refractivity contribution in [3.05, 3.63) is 34.7 Å². The summed E-state index contributed by atoms with van der Waals surface area (Å²) in [5.41, 5.74) is 2.01. The second-order valence-corrected chi connectivity index (χ2v) is 4.96. The van der Waals surface area contributed by atoms with E-state index in [0.717, 1.165) is 28.8 Å². The topological polar surface area (TPSA) is 26.5 Å². The predicted molar refractivity (Wildman–Crippen MR) is 65.4 cm³/mol. The summed E-state index contributed by atoms with van der Waals surface area (Å²) in [6.45, 7) is 0.861. The molecule has 0 aliphatic carbocycles. The predicted octanol–water partition coefficient (Wildman–Crippen LogP) is 3.34. The van der Waals surface area contributed by atoms with Crippen LogP contribution in [0.3, 0.4) is 0 Å². The van der Waals surface area contributed by atoms with Crippen molar-refractivity contribution in [1.29, 1.82) is 0 Å². The summed E-state index contributed by atoms with van der Waals surface area (Å²) in [5, 5.41) is 0. The largest absolute Gasteiger partial charge is 0.372 e. The first-order valence-corrected chi connectivity index (χ1v) is 6.38. The van der Waals surface area contributed by atoms with Crippen molar-refractivity contribution < 1.29 is 4.74 Å². The van der Waals surface area contributed by atoms with Crippen LogP contribution >= 0.6 is 15.9 Å². The molecule has 2 aromatic rings. The van der Waals surface area contributed by atoms with Gasteiger partial charge in [0.2, 0.25) is 0 Å². The maximum atomic E-state index is 5.74. The van der Waals surface area contributed by atoms with Crippen molar-refractivity contribution in [2.24, 2.45) is 0 Å². The number of hydrogen-bond donors (Lipinski definition) is 0. The van der Waals surface area contributed by atoms with E-state index in [1.807, 2.05) is 22.7 Å². The van der Waals surface area contributed by atoms with E-state index in [4.69, 9.17) is 4.74 Å². The van der Waals surface area contributed by atoms with Crippen LogP contribution in [0.5, 0.6) is 0 Å². The fourth-order valence-electron chi connectivity index (χ4n) is 2.13. The Morgan fingerprint density at radius 2 is 2.38 bits per heavy atom. The lowest BCUT2D eigenvalue weighted by Crippen LogP contribution is -2.11. The summed E-state index contributed by atoms with van der Waals surface area (Å²) in [7, 11) is 0. The van der Waals surface area contributed by atoms with Gasteiger partial charge in [0.05, 0.1) is 10.2 Å². The van der Waals surface area contributed by atoms with Crippen molar-refractivity contribution >= 4 is 21.6 Å². The summed E-state index contributed by atoms with van der Waals surface area (Å²) in [6, 6.07) is 4.01. The molecule has 1 aliphatic heterocycles. The van der Waals surface area contributed by atoms with E-state index < -0.39 is 0 Å². The minimum Gasteiger partial charge on any atom is -0.372 e. The minimum absolute atomic E-state index is 0.181. The van der Waals surface area contributed by atoms with Gasteiger partial charge < -0.3 is 9.14 Å². The molecular formula is C12H13BrN2O. The van der Waals surface area contributed by atoms with Crippen molar-refractivity contribution in [2.75, 3.05) is 6.61 Å². The van der Waals surface area contributed by atoms with E-state index in [0.29, 0.717) is 0 Å². The highest BCUT2D eigenvalue weighted by Gasteiger charge is 2.19. The van der Waals surface area contributed by atoms with E-state index in [2.05, 4.69) is 27.1 Å². The third kappa shape index (κ3) is 1.76. The Bertz CT molecular complexity index is 503. The molecule has 0 N–H and O–H groups in total. The molecule has 1 aliphatic rings. The van der Waals surface area contributed by atoms with E-state index in [-0.39, 0.29) is 6.10 Å². The average molecular weight is 281 g/mol. The van der Waals surface area contributed by atoms with Crippen LogP contribution in [0.1, 0.15) is 31.1 Å². The van der Waals surface area contributed by atoms with Crippen LogP contribution in [-0.2, 0) is 4.74 Å². The summed E-state index contributed by atoms with van der Waals surface area (Å²) < 4.78 is 8.81. The van der Waals surface area contributed by atoms with Gasteiger partial charge in [0.25, 0.3) is 0 Å². The molecule has 0 aromatic carbocycles. The highest BCUT2D eigenvalue weighted by atomic mass is 79.9. The molecule has 1 unspecified atom stereocenters. The molecule has 0 saturated carbocycles. The molecule has 3 heterocycles. The molecule has 16 heavy (non-hydrogen) atoms. The first kappa shape index (κ1) is 10.3. The lowest BCUT2D eigenvalue weighted by molar-refractivity contribution is 0.0126. The number of pyridine rings is 1. The quantitative estimate of drug-likeness (QED) is 0.801. The second kappa shape index (κ2) is 4.18. The van der Waals surface area contributed by atoms with E-state index in [1.54, 1.807) is 0 Å². The van der Waals surface area contributed by atoms with Gasteiger partial charge in [0.1, 0.15) is 6.10 Å². The molecule has 0 radical (unpaired) electrons. The molecule has 3 nitrogen and oxygen atoms in total. The van der Waals surface area contributed by atoms with Gasteiger partial charge in [0, 0.05) is 19.0 Å². The molecule has 0 bridgehead atoms. The van der Waals surface area contributed by atoms with Gasteiger partial charge in [-0.05, 0) is 47.3 Å². The van der Waals surface area contributed by atoms with Crippen molar-refractivity contribution in [3.8, 4) is 0 Å². The number of aromatic nitrogens is 2. The first-order chi connectivity index (χ1) is 7.84. The summed E-state index contributed by atoms with van der Waals surface area (Å²) in [4.78, 5) is 4.63. The van der Waals surface area contributed by atoms with Gasteiger partial charge in [-0.2, -0.15) is 0 Å². The molecule has 2 aromatic heterocycles. The molecule has 0 spiro atoms. The molecule has 1 atom stereocenters. The second-order valence-electron chi connectivity index (χ2n) is 4.11. The molecule has 0 amide bonds. The Hall–Kier alpha value is -0.870. The molecule has 84 valence electrons. The number of nitrogens with zero attached hydrogens (tertiary/aromatic N) is 2. The lowest BCUT2D eigenvalue weighted by Gasteiger charge is -2.20. The normalized spacial score (nSPS) is 21.4. The zero-order valence-corrected chi connectivity index (χ0v) is 10.5. The number of fused-ring (bicyclic) bond motifs is 1. The molecule has 4 heteroatoms. The summed E-state index contributed by atoms with van der Waals surface area (Å²) >= 11 is 3.51. The van der Waals surface area contributed by atoms with Crippen LogP contribution in [0.2, 0.25) is 0 Å². The van der Waals surface area contributed by atoms with Crippen LogP contribution < -0.4 is 0 Å². The fraction of sp³-hybridized carbons (Fsp3) is 0.417. The van der Waals surface area contributed by atoms with E-state index in [1.165, 1.54) is 12.8 Å². The maximum absolute atomic E-state index is 5.74. The number of hydrogen-bond acceptors (Lipinski definition) is 2. The van der Waals surface area contributed by atoms with Crippen LogP contribution in [0.25, 0.3) is 5.65 Å².